The zero-order valence-corrected chi connectivity index (χ0v) is 38.6. The molecule has 10 rings (SSSR count). The third-order valence-electron chi connectivity index (χ3n) is 12.4. The van der Waals surface area contributed by atoms with E-state index in [1.807, 2.05) is 18.2 Å². The zero-order valence-electron chi connectivity index (χ0n) is 37.7. The Hall–Kier alpha value is -8.37. The summed E-state index contributed by atoms with van der Waals surface area (Å²) in [6, 6.07) is 75.9. The summed E-state index contributed by atoms with van der Waals surface area (Å²) in [6.45, 7) is 3.97. The Bertz CT molecular complexity index is 3360. The van der Waals surface area contributed by atoms with Crippen LogP contribution in [0.4, 0.5) is 28.4 Å². The number of anilines is 5. The Balaban J connectivity index is 1.12. The molecule has 0 spiro atoms. The maximum Gasteiger partial charge on any atom is 0.0462 e. The molecule has 3 heteroatoms. The summed E-state index contributed by atoms with van der Waals surface area (Å²) in [7, 11) is 0. The highest BCUT2D eigenvalue weighted by Crippen LogP contribution is 2.46. The Labute approximate surface area is 405 Å². The smallest absolute Gasteiger partial charge is 0.0462 e. The predicted octanol–water partition coefficient (Wildman–Crippen LogP) is 18.4. The van der Waals surface area contributed by atoms with Crippen LogP contribution in [0, 0.1) is 0 Å². The molecule has 1 aliphatic carbocycles. The standard InChI is InChI=1S/C65H50N2S/c1-2-22-48(49-23-9-5-10-24-49)25-21-36-63(68)52-41-46-61-62(47-52)65(51-39-44-58(45-40-51)67(55-30-15-7-16-31-55)56-32-17-8-18-33-56)60-35-20-19-34-59(60)64(61)50-37-42-57(43-38-50)66(54-28-13-6-14-29-54)53-26-11-3-4-12-27-53/h2-11,13-47,68H,1,12H2/b25-21+,48-22-,63-36-. The Morgan fingerprint density at radius 3 is 1.51 bits per heavy atom. The normalized spacial score (nSPS) is 12.9. The van der Waals surface area contributed by atoms with Gasteiger partial charge in [0, 0.05) is 39.0 Å². The van der Waals surface area contributed by atoms with Gasteiger partial charge in [0.15, 0.2) is 0 Å². The second kappa shape index (κ2) is 20.4. The molecular weight excluding hydrogens is 841 g/mol. The monoisotopic (exact) mass is 890 g/mol. The van der Waals surface area contributed by atoms with Gasteiger partial charge < -0.3 is 9.80 Å². The number of allylic oxidation sites excluding steroid dienone is 11. The topological polar surface area (TPSA) is 6.48 Å². The molecule has 9 aromatic rings. The van der Waals surface area contributed by atoms with Crippen molar-refractivity contribution in [2.75, 3.05) is 9.80 Å². The van der Waals surface area contributed by atoms with Crippen LogP contribution < -0.4 is 9.80 Å². The molecular formula is C65H50N2S. The van der Waals surface area contributed by atoms with E-state index in [0.29, 0.717) is 0 Å². The minimum Gasteiger partial charge on any atom is -0.311 e. The van der Waals surface area contributed by atoms with Crippen LogP contribution in [0.3, 0.4) is 0 Å². The largest absolute Gasteiger partial charge is 0.311 e. The molecule has 2 nitrogen and oxygen atoms in total. The molecule has 1 aliphatic rings. The van der Waals surface area contributed by atoms with Gasteiger partial charge in [0.25, 0.3) is 0 Å². The van der Waals surface area contributed by atoms with Gasteiger partial charge in [-0.2, -0.15) is 0 Å². The lowest BCUT2D eigenvalue weighted by atomic mass is 9.85. The molecule has 0 radical (unpaired) electrons. The molecule has 9 aromatic carbocycles. The number of rotatable bonds is 13. The summed E-state index contributed by atoms with van der Waals surface area (Å²) < 4.78 is 0. The lowest BCUT2D eigenvalue weighted by Gasteiger charge is -2.27. The van der Waals surface area contributed by atoms with Gasteiger partial charge in [0.2, 0.25) is 0 Å². The molecule has 0 aromatic heterocycles. The van der Waals surface area contributed by atoms with Crippen molar-refractivity contribution in [3.05, 3.63) is 296 Å². The van der Waals surface area contributed by atoms with Crippen LogP contribution >= 0.6 is 12.6 Å². The number of hydrogen-bond donors (Lipinski definition) is 1. The van der Waals surface area contributed by atoms with E-state index < -0.39 is 0 Å². The summed E-state index contributed by atoms with van der Waals surface area (Å²) in [4.78, 5) is 5.51. The second-order valence-electron chi connectivity index (χ2n) is 16.6. The van der Waals surface area contributed by atoms with Gasteiger partial charge in [-0.25, -0.2) is 0 Å². The summed E-state index contributed by atoms with van der Waals surface area (Å²) in [6.07, 6.45) is 21.9. The Kier molecular flexibility index (Phi) is 13.1. The van der Waals surface area contributed by atoms with Crippen LogP contribution in [-0.4, -0.2) is 0 Å². The number of benzene rings is 9. The molecule has 0 bridgehead atoms. The van der Waals surface area contributed by atoms with Crippen molar-refractivity contribution in [2.45, 2.75) is 6.42 Å². The second-order valence-corrected chi connectivity index (χ2v) is 17.1. The molecule has 0 fully saturated rings. The fourth-order valence-electron chi connectivity index (χ4n) is 9.22. The van der Waals surface area contributed by atoms with Gasteiger partial charge in [-0.05, 0) is 146 Å². The summed E-state index contributed by atoms with van der Waals surface area (Å²) >= 11 is 5.14. The molecule has 0 aliphatic heterocycles. The third-order valence-corrected chi connectivity index (χ3v) is 12.8. The predicted molar refractivity (Wildman–Crippen MR) is 297 cm³/mol. The summed E-state index contributed by atoms with van der Waals surface area (Å²) in [5, 5.41) is 4.71. The number of fused-ring (bicyclic) bond motifs is 2. The van der Waals surface area contributed by atoms with Crippen molar-refractivity contribution < 1.29 is 0 Å². The average molecular weight is 891 g/mol. The van der Waals surface area contributed by atoms with Crippen molar-refractivity contribution in [1.29, 1.82) is 0 Å². The van der Waals surface area contributed by atoms with Crippen LogP contribution in [0.2, 0.25) is 0 Å². The van der Waals surface area contributed by atoms with Gasteiger partial charge in [-0.3, -0.25) is 0 Å². The van der Waals surface area contributed by atoms with Crippen molar-refractivity contribution >= 4 is 73.1 Å². The first-order chi connectivity index (χ1) is 33.6. The van der Waals surface area contributed by atoms with E-state index in [1.54, 1.807) is 0 Å². The number of nitrogens with zero attached hydrogens (tertiary/aromatic N) is 2. The van der Waals surface area contributed by atoms with Crippen LogP contribution in [-0.2, 0) is 0 Å². The van der Waals surface area contributed by atoms with Gasteiger partial charge in [0.05, 0.1) is 0 Å². The molecule has 326 valence electrons. The van der Waals surface area contributed by atoms with Crippen LogP contribution in [0.1, 0.15) is 17.5 Å². The quantitative estimate of drug-likeness (QED) is 0.0700. The van der Waals surface area contributed by atoms with E-state index in [2.05, 4.69) is 271 Å². The summed E-state index contributed by atoms with van der Waals surface area (Å²) in [5.74, 6) is 0. The molecule has 0 heterocycles. The van der Waals surface area contributed by atoms with Gasteiger partial charge >= 0.3 is 0 Å². The first-order valence-corrected chi connectivity index (χ1v) is 23.5. The van der Waals surface area contributed by atoms with E-state index in [-0.39, 0.29) is 0 Å². The first kappa shape index (κ1) is 43.5. The van der Waals surface area contributed by atoms with E-state index in [1.165, 1.54) is 27.3 Å². The molecule has 0 amide bonds. The molecule has 0 N–H and O–H groups in total. The zero-order chi connectivity index (χ0) is 46.1. The molecule has 68 heavy (non-hydrogen) atoms. The highest BCUT2D eigenvalue weighted by atomic mass is 32.1. The Morgan fingerprint density at radius 1 is 0.456 bits per heavy atom. The highest BCUT2D eigenvalue weighted by molar-refractivity contribution is 7.90. The maximum atomic E-state index is 5.14. The van der Waals surface area contributed by atoms with Gasteiger partial charge in [-0.15, -0.1) is 12.6 Å². The number of thiol groups is 1. The van der Waals surface area contributed by atoms with Crippen LogP contribution in [0.5, 0.6) is 0 Å². The van der Waals surface area contributed by atoms with Gasteiger partial charge in [-0.1, -0.05) is 201 Å². The Morgan fingerprint density at radius 2 is 0.941 bits per heavy atom. The van der Waals surface area contributed by atoms with Crippen molar-refractivity contribution in [1.82, 2.24) is 0 Å². The summed E-state index contributed by atoms with van der Waals surface area (Å²) in [5.41, 5.74) is 14.6. The number of para-hydroxylation sites is 3. The molecule has 0 atom stereocenters. The van der Waals surface area contributed by atoms with E-state index in [0.717, 1.165) is 78.7 Å². The van der Waals surface area contributed by atoms with Crippen molar-refractivity contribution in [3.63, 3.8) is 0 Å². The first-order valence-electron chi connectivity index (χ1n) is 23.1. The van der Waals surface area contributed by atoms with Gasteiger partial charge in [0.1, 0.15) is 0 Å². The van der Waals surface area contributed by atoms with E-state index >= 15 is 0 Å². The lowest BCUT2D eigenvalue weighted by Crippen LogP contribution is -2.15. The fourth-order valence-corrected chi connectivity index (χ4v) is 9.44. The fraction of sp³-hybridized carbons (Fsp3) is 0.0154. The molecule has 0 saturated carbocycles. The number of hydrogen-bond acceptors (Lipinski definition) is 3. The van der Waals surface area contributed by atoms with E-state index in [4.69, 9.17) is 12.6 Å². The van der Waals surface area contributed by atoms with Crippen LogP contribution in [0.15, 0.2) is 285 Å². The lowest BCUT2D eigenvalue weighted by molar-refractivity contribution is 1.18. The third kappa shape index (κ3) is 9.21. The highest BCUT2D eigenvalue weighted by Gasteiger charge is 2.20. The van der Waals surface area contributed by atoms with Crippen molar-refractivity contribution in [2.24, 2.45) is 0 Å². The van der Waals surface area contributed by atoms with E-state index in [9.17, 15) is 0 Å². The minimum atomic E-state index is 0.869. The maximum absolute atomic E-state index is 5.14. The van der Waals surface area contributed by atoms with Crippen molar-refractivity contribution in [3.8, 4) is 22.3 Å². The van der Waals surface area contributed by atoms with Crippen LogP contribution in [0.25, 0.3) is 54.3 Å². The SMILES string of the molecule is C=C/C=C(/C=C/C=C(\S)c1ccc2c(-c3ccc(N(C4=CCC=CC=C4)c4ccccc4)cc3)c3ccccc3c(-c3ccc(N(c4ccccc4)c4ccccc4)cc3)c2c1)c1ccccc1. The molecule has 0 unspecified atom stereocenters. The molecule has 0 saturated heterocycles. The average Bonchev–Trinajstić information content (AvgIpc) is 3.69. The minimum absolute atomic E-state index is 0.869.